The van der Waals surface area contributed by atoms with Crippen molar-refractivity contribution in [3.05, 3.63) is 17.1 Å². The van der Waals surface area contributed by atoms with E-state index in [1.807, 2.05) is 0 Å². The van der Waals surface area contributed by atoms with Crippen molar-refractivity contribution in [1.29, 1.82) is 0 Å². The molecule has 1 saturated heterocycles. The molecule has 3 rings (SSSR count). The molecule has 0 saturated carbocycles. The summed E-state index contributed by atoms with van der Waals surface area (Å²) in [5, 5.41) is 6.70. The summed E-state index contributed by atoms with van der Waals surface area (Å²) >= 11 is 0. The van der Waals surface area contributed by atoms with E-state index in [2.05, 4.69) is 15.6 Å². The van der Waals surface area contributed by atoms with Crippen molar-refractivity contribution in [3.8, 4) is 5.88 Å². The first-order valence-electron chi connectivity index (χ1n) is 6.23. The van der Waals surface area contributed by atoms with Crippen molar-refractivity contribution < 1.29 is 4.74 Å². The molecule has 5 heteroatoms. The van der Waals surface area contributed by atoms with Gasteiger partial charge in [0, 0.05) is 24.6 Å². The molecular formula is C12H18N4O. The zero-order valence-electron chi connectivity index (χ0n) is 10.1. The molecule has 0 bridgehead atoms. The van der Waals surface area contributed by atoms with Gasteiger partial charge in [0.25, 0.3) is 0 Å². The van der Waals surface area contributed by atoms with Gasteiger partial charge in [0.1, 0.15) is 5.82 Å². The maximum Gasteiger partial charge on any atom is 0.219 e. The van der Waals surface area contributed by atoms with E-state index >= 15 is 0 Å². The number of aromatic nitrogens is 2. The summed E-state index contributed by atoms with van der Waals surface area (Å²) in [6, 6.07) is 0. The van der Waals surface area contributed by atoms with E-state index in [0.717, 1.165) is 56.4 Å². The third kappa shape index (κ3) is 2.00. The molecule has 2 N–H and O–H groups in total. The van der Waals surface area contributed by atoms with Crippen LogP contribution in [-0.4, -0.2) is 36.7 Å². The van der Waals surface area contributed by atoms with E-state index in [-0.39, 0.29) is 0 Å². The lowest BCUT2D eigenvalue weighted by molar-refractivity contribution is 0.382. The fourth-order valence-corrected chi connectivity index (χ4v) is 2.57. The minimum atomic E-state index is 0.441. The third-order valence-electron chi connectivity index (χ3n) is 3.54. The molecule has 1 atom stereocenters. The molecule has 2 aliphatic rings. The first kappa shape index (κ1) is 10.9. The number of nitrogens with zero attached hydrogens (tertiary/aromatic N) is 2. The second-order valence-electron chi connectivity index (χ2n) is 4.63. The van der Waals surface area contributed by atoms with E-state index in [0.29, 0.717) is 5.92 Å². The van der Waals surface area contributed by atoms with Crippen LogP contribution in [0.25, 0.3) is 0 Å². The molecule has 0 aliphatic carbocycles. The lowest BCUT2D eigenvalue weighted by atomic mass is 10.0. The molecule has 1 unspecified atom stereocenters. The van der Waals surface area contributed by atoms with Crippen LogP contribution in [0.1, 0.15) is 29.4 Å². The Labute approximate surface area is 101 Å². The van der Waals surface area contributed by atoms with E-state index < -0.39 is 0 Å². The SMILES string of the molecule is COc1nc(C2CCNC2)nc2c1CCNC2. The number of fused-ring (bicyclic) bond motifs is 1. The Bertz CT molecular complexity index is 398. The number of hydrogen-bond donors (Lipinski definition) is 2. The van der Waals surface area contributed by atoms with Gasteiger partial charge in [0.2, 0.25) is 5.88 Å². The van der Waals surface area contributed by atoms with Crippen LogP contribution in [0, 0.1) is 0 Å². The topological polar surface area (TPSA) is 59.1 Å². The summed E-state index contributed by atoms with van der Waals surface area (Å²) in [6.07, 6.45) is 2.08. The molecule has 1 aromatic rings. The second kappa shape index (κ2) is 4.58. The maximum absolute atomic E-state index is 5.41. The highest BCUT2D eigenvalue weighted by molar-refractivity contribution is 5.33. The molecule has 0 radical (unpaired) electrons. The summed E-state index contributed by atoms with van der Waals surface area (Å²) in [5.74, 6) is 2.16. The zero-order valence-corrected chi connectivity index (χ0v) is 10.1. The van der Waals surface area contributed by atoms with Gasteiger partial charge in [-0.25, -0.2) is 4.98 Å². The van der Waals surface area contributed by atoms with Gasteiger partial charge in [-0.1, -0.05) is 0 Å². The quantitative estimate of drug-likeness (QED) is 0.766. The Kier molecular flexibility index (Phi) is 2.94. The van der Waals surface area contributed by atoms with Crippen LogP contribution < -0.4 is 15.4 Å². The van der Waals surface area contributed by atoms with Crippen LogP contribution in [0.15, 0.2) is 0 Å². The van der Waals surface area contributed by atoms with Crippen molar-refractivity contribution in [2.24, 2.45) is 0 Å². The van der Waals surface area contributed by atoms with Crippen LogP contribution in [0.2, 0.25) is 0 Å². The Morgan fingerprint density at radius 1 is 1.24 bits per heavy atom. The van der Waals surface area contributed by atoms with Gasteiger partial charge in [-0.2, -0.15) is 4.98 Å². The molecule has 0 spiro atoms. The van der Waals surface area contributed by atoms with Crippen LogP contribution in [0.4, 0.5) is 0 Å². The smallest absolute Gasteiger partial charge is 0.219 e. The number of ether oxygens (including phenoxy) is 1. The average Bonchev–Trinajstić information content (AvgIpc) is 2.91. The molecule has 92 valence electrons. The Morgan fingerprint density at radius 2 is 2.18 bits per heavy atom. The summed E-state index contributed by atoms with van der Waals surface area (Å²) in [7, 11) is 1.70. The lowest BCUT2D eigenvalue weighted by Gasteiger charge is -2.20. The van der Waals surface area contributed by atoms with Crippen molar-refractivity contribution in [1.82, 2.24) is 20.6 Å². The Morgan fingerprint density at radius 3 is 2.94 bits per heavy atom. The van der Waals surface area contributed by atoms with Crippen molar-refractivity contribution in [3.63, 3.8) is 0 Å². The minimum Gasteiger partial charge on any atom is -0.481 e. The number of methoxy groups -OCH3 is 1. The van der Waals surface area contributed by atoms with Crippen molar-refractivity contribution in [2.45, 2.75) is 25.3 Å². The van der Waals surface area contributed by atoms with Gasteiger partial charge in [0.05, 0.1) is 12.8 Å². The number of nitrogens with one attached hydrogen (secondary N) is 2. The second-order valence-corrected chi connectivity index (χ2v) is 4.63. The largest absolute Gasteiger partial charge is 0.481 e. The van der Waals surface area contributed by atoms with Gasteiger partial charge in [-0.3, -0.25) is 0 Å². The average molecular weight is 234 g/mol. The normalized spacial score (nSPS) is 23.5. The Hall–Kier alpha value is -1.20. The van der Waals surface area contributed by atoms with Crippen LogP contribution in [-0.2, 0) is 13.0 Å². The van der Waals surface area contributed by atoms with E-state index in [1.165, 1.54) is 5.56 Å². The van der Waals surface area contributed by atoms with Gasteiger partial charge in [0.15, 0.2) is 0 Å². The van der Waals surface area contributed by atoms with Crippen molar-refractivity contribution >= 4 is 0 Å². The highest BCUT2D eigenvalue weighted by Gasteiger charge is 2.24. The molecular weight excluding hydrogens is 216 g/mol. The molecule has 2 aliphatic heterocycles. The number of rotatable bonds is 2. The van der Waals surface area contributed by atoms with E-state index in [1.54, 1.807) is 7.11 Å². The van der Waals surface area contributed by atoms with Crippen LogP contribution >= 0.6 is 0 Å². The molecule has 0 aromatic carbocycles. The monoisotopic (exact) mass is 234 g/mol. The first-order valence-corrected chi connectivity index (χ1v) is 6.23. The zero-order chi connectivity index (χ0) is 11.7. The summed E-state index contributed by atoms with van der Waals surface area (Å²) in [5.41, 5.74) is 2.30. The predicted molar refractivity (Wildman–Crippen MR) is 64.2 cm³/mol. The van der Waals surface area contributed by atoms with Gasteiger partial charge in [-0.15, -0.1) is 0 Å². The minimum absolute atomic E-state index is 0.441. The van der Waals surface area contributed by atoms with Crippen LogP contribution in [0.5, 0.6) is 5.88 Å². The molecule has 17 heavy (non-hydrogen) atoms. The summed E-state index contributed by atoms with van der Waals surface area (Å²) in [6.45, 7) is 3.86. The molecule has 3 heterocycles. The summed E-state index contributed by atoms with van der Waals surface area (Å²) < 4.78 is 5.41. The highest BCUT2D eigenvalue weighted by Crippen LogP contribution is 2.26. The molecule has 1 aromatic heterocycles. The highest BCUT2D eigenvalue weighted by atomic mass is 16.5. The summed E-state index contributed by atoms with van der Waals surface area (Å²) in [4.78, 5) is 9.30. The molecule has 0 amide bonds. The third-order valence-corrected chi connectivity index (χ3v) is 3.54. The van der Waals surface area contributed by atoms with Gasteiger partial charge in [-0.05, 0) is 25.9 Å². The van der Waals surface area contributed by atoms with Crippen LogP contribution in [0.3, 0.4) is 0 Å². The Balaban J connectivity index is 1.99. The molecule has 5 nitrogen and oxygen atoms in total. The fraction of sp³-hybridized carbons (Fsp3) is 0.667. The van der Waals surface area contributed by atoms with Gasteiger partial charge < -0.3 is 15.4 Å². The molecule has 1 fully saturated rings. The standard InChI is InChI=1S/C12H18N4O/c1-17-12-9-3-5-14-7-10(9)15-11(16-12)8-2-4-13-6-8/h8,13-14H,2-7H2,1H3. The van der Waals surface area contributed by atoms with Crippen molar-refractivity contribution in [2.75, 3.05) is 26.7 Å². The predicted octanol–water partition coefficient (Wildman–Crippen LogP) is 0.208. The van der Waals surface area contributed by atoms with E-state index in [4.69, 9.17) is 9.72 Å². The first-order chi connectivity index (χ1) is 8.38. The lowest BCUT2D eigenvalue weighted by Crippen LogP contribution is -2.26. The van der Waals surface area contributed by atoms with E-state index in [9.17, 15) is 0 Å². The number of hydrogen-bond acceptors (Lipinski definition) is 5. The maximum atomic E-state index is 5.41. The fourth-order valence-electron chi connectivity index (χ4n) is 2.57. The van der Waals surface area contributed by atoms with Gasteiger partial charge >= 0.3 is 0 Å².